The maximum atomic E-state index is 14.6. The molecule has 1 unspecified atom stereocenters. The fourth-order valence-corrected chi connectivity index (χ4v) is 6.70. The summed E-state index contributed by atoms with van der Waals surface area (Å²) in [6.07, 6.45) is 1.70. The number of piperazine rings is 1. The largest absolute Gasteiger partial charge is 0.456 e. The van der Waals surface area contributed by atoms with Crippen LogP contribution < -0.4 is 14.5 Å². The van der Waals surface area contributed by atoms with E-state index in [1.807, 2.05) is 32.3 Å². The van der Waals surface area contributed by atoms with Crippen molar-refractivity contribution >= 4 is 39.8 Å². The van der Waals surface area contributed by atoms with E-state index < -0.39 is 5.82 Å². The van der Waals surface area contributed by atoms with E-state index in [9.17, 15) is 9.18 Å². The van der Waals surface area contributed by atoms with Gasteiger partial charge in [0.25, 0.3) is 0 Å². The molecule has 1 amide bonds. The van der Waals surface area contributed by atoms with Crippen molar-refractivity contribution in [2.45, 2.75) is 31.2 Å². The number of carbonyl (C=O) groups excluding carboxylic acids is 1. The number of hydrogen-bond donors (Lipinski definition) is 0. The zero-order valence-corrected chi connectivity index (χ0v) is 25.6. The first-order valence-electron chi connectivity index (χ1n) is 14.7. The van der Waals surface area contributed by atoms with Gasteiger partial charge in [0.15, 0.2) is 0 Å². The first-order valence-corrected chi connectivity index (χ1v) is 15.1. The molecule has 3 aliphatic rings. The lowest BCUT2D eigenvalue weighted by Gasteiger charge is -2.41. The zero-order valence-electron chi connectivity index (χ0n) is 24.9. The van der Waals surface area contributed by atoms with Crippen LogP contribution in [0.25, 0.3) is 15.6 Å². The van der Waals surface area contributed by atoms with Crippen molar-refractivity contribution in [2.75, 3.05) is 69.8 Å². The Bertz CT molecular complexity index is 1630. The second kappa shape index (κ2) is 12.6. The van der Waals surface area contributed by atoms with E-state index in [4.69, 9.17) is 37.6 Å². The third-order valence-corrected chi connectivity index (χ3v) is 9.11. The van der Waals surface area contributed by atoms with Gasteiger partial charge >= 0.3 is 6.01 Å². The Balaban J connectivity index is 1.38. The number of rotatable bonds is 7. The number of ether oxygens (including phenoxy) is 2. The Kier molecular flexibility index (Phi) is 8.58. The molecule has 0 bridgehead atoms. The van der Waals surface area contributed by atoms with E-state index in [0.717, 1.165) is 28.1 Å². The quantitative estimate of drug-likeness (QED) is 0.292. The maximum Gasteiger partial charge on any atom is 0.319 e. The van der Waals surface area contributed by atoms with E-state index in [2.05, 4.69) is 26.1 Å². The molecule has 2 saturated heterocycles. The molecule has 0 radical (unpaired) electrons. The molecule has 44 heavy (non-hydrogen) atoms. The summed E-state index contributed by atoms with van der Waals surface area (Å²) in [5, 5.41) is 1.64. The number of benzene rings is 2. The topological polar surface area (TPSA) is 78.6 Å². The fourth-order valence-electron chi connectivity index (χ4n) is 6.43. The lowest BCUT2D eigenvalue weighted by Crippen LogP contribution is -2.56. The highest BCUT2D eigenvalue weighted by atomic mass is 35.5. The number of nitrogens with zero attached hydrogens (tertiary/aromatic N) is 7. The highest BCUT2D eigenvalue weighted by molar-refractivity contribution is 6.36. The summed E-state index contributed by atoms with van der Waals surface area (Å²) in [4.78, 5) is 34.1. The van der Waals surface area contributed by atoms with E-state index in [-0.39, 0.29) is 41.7 Å². The summed E-state index contributed by atoms with van der Waals surface area (Å²) >= 11 is 6.50. The molecule has 2 fully saturated rings. The molecular formula is C32H35ClFN7O3. The minimum absolute atomic E-state index is 0.0545. The highest BCUT2D eigenvalue weighted by Gasteiger charge is 2.36. The summed E-state index contributed by atoms with van der Waals surface area (Å²) < 4.78 is 26.7. The minimum atomic E-state index is -0.457. The predicted octanol–water partition coefficient (Wildman–Crippen LogP) is 3.82. The van der Waals surface area contributed by atoms with Crippen molar-refractivity contribution in [2.24, 2.45) is 0 Å². The molecule has 1 aromatic heterocycles. The van der Waals surface area contributed by atoms with Crippen LogP contribution in [0, 0.1) is 12.4 Å². The molecule has 3 atom stereocenters. The molecule has 0 spiro atoms. The van der Waals surface area contributed by atoms with Crippen LogP contribution in [-0.2, 0) is 22.5 Å². The minimum Gasteiger partial charge on any atom is -0.456 e. The average Bonchev–Trinajstić information content (AvgIpc) is 3.50. The molecule has 0 N–H and O–H groups in total. The lowest BCUT2D eigenvalue weighted by atomic mass is 10.0. The van der Waals surface area contributed by atoms with Crippen molar-refractivity contribution < 1.29 is 18.7 Å². The number of aromatic nitrogens is 2. The van der Waals surface area contributed by atoms with Gasteiger partial charge in [-0.15, -0.1) is 0 Å². The molecule has 6 rings (SSSR count). The number of fused-ring (bicyclic) bond motifs is 2. The summed E-state index contributed by atoms with van der Waals surface area (Å²) in [5.74, 6) is 0.123. The molecule has 0 aliphatic carbocycles. The second-order valence-corrected chi connectivity index (χ2v) is 11.9. The van der Waals surface area contributed by atoms with Gasteiger partial charge in [-0.1, -0.05) is 36.4 Å². The van der Waals surface area contributed by atoms with Gasteiger partial charge in [-0.05, 0) is 44.1 Å². The normalized spacial score (nSPS) is 21.8. The number of likely N-dealkylation sites (N-methyl/N-ethyl adjacent to an activating group) is 1. The van der Waals surface area contributed by atoms with Gasteiger partial charge in [0, 0.05) is 42.8 Å². The van der Waals surface area contributed by atoms with Gasteiger partial charge in [-0.3, -0.25) is 4.79 Å². The van der Waals surface area contributed by atoms with Gasteiger partial charge < -0.3 is 33.9 Å². The van der Waals surface area contributed by atoms with Crippen molar-refractivity contribution in [3.8, 4) is 6.01 Å². The number of amides is 1. The monoisotopic (exact) mass is 619 g/mol. The Morgan fingerprint density at radius 1 is 1.23 bits per heavy atom. The maximum absolute atomic E-state index is 14.6. The average molecular weight is 620 g/mol. The third kappa shape index (κ3) is 5.65. The Hall–Kier alpha value is -3.98. The third-order valence-electron chi connectivity index (χ3n) is 8.74. The van der Waals surface area contributed by atoms with E-state index >= 15 is 0 Å². The Labute approximate surface area is 261 Å². The molecule has 3 aromatic rings. The zero-order chi connectivity index (χ0) is 31.0. The van der Waals surface area contributed by atoms with Crippen LogP contribution in [0.15, 0.2) is 43.0 Å². The van der Waals surface area contributed by atoms with Crippen LogP contribution in [0.4, 0.5) is 15.9 Å². The molecule has 230 valence electrons. The number of carbonyl (C=O) groups is 1. The van der Waals surface area contributed by atoms with Crippen molar-refractivity contribution in [1.29, 1.82) is 0 Å². The molecular weight excluding hydrogens is 585 g/mol. The molecule has 10 nitrogen and oxygen atoms in total. The van der Waals surface area contributed by atoms with Crippen LogP contribution >= 0.6 is 11.6 Å². The molecule has 2 aromatic carbocycles. The van der Waals surface area contributed by atoms with Crippen LogP contribution in [0.2, 0.25) is 5.02 Å². The smallest absolute Gasteiger partial charge is 0.319 e. The van der Waals surface area contributed by atoms with E-state index in [1.54, 1.807) is 11.0 Å². The van der Waals surface area contributed by atoms with Crippen LogP contribution in [-0.4, -0.2) is 104 Å². The fraction of sp³-hybridized carbons (Fsp3) is 0.438. The van der Waals surface area contributed by atoms with Crippen LogP contribution in [0.5, 0.6) is 6.01 Å². The van der Waals surface area contributed by atoms with Gasteiger partial charge in [0.1, 0.15) is 23.8 Å². The van der Waals surface area contributed by atoms with Gasteiger partial charge in [-0.2, -0.15) is 9.97 Å². The number of halogens is 2. The second-order valence-electron chi connectivity index (χ2n) is 11.6. The number of hydrogen-bond acceptors (Lipinski definition) is 8. The lowest BCUT2D eigenvalue weighted by molar-refractivity contribution is -0.128. The Morgan fingerprint density at radius 2 is 2.07 bits per heavy atom. The van der Waals surface area contributed by atoms with Crippen molar-refractivity contribution in [3.63, 3.8) is 0 Å². The van der Waals surface area contributed by atoms with Gasteiger partial charge in [-0.25, -0.2) is 11.0 Å². The molecule has 12 heteroatoms. The number of anilines is 2. The van der Waals surface area contributed by atoms with Gasteiger partial charge in [0.05, 0.1) is 36.5 Å². The molecule has 3 aliphatic heterocycles. The summed E-state index contributed by atoms with van der Waals surface area (Å²) in [6.45, 7) is 14.9. The highest BCUT2D eigenvalue weighted by Crippen LogP contribution is 2.38. The van der Waals surface area contributed by atoms with Crippen LogP contribution in [0.3, 0.4) is 0 Å². The molecule has 0 saturated carbocycles. The Morgan fingerprint density at radius 3 is 2.84 bits per heavy atom. The van der Waals surface area contributed by atoms with Crippen LogP contribution in [0.1, 0.15) is 11.3 Å². The summed E-state index contributed by atoms with van der Waals surface area (Å²) in [5.41, 5.74) is 2.65. The first kappa shape index (κ1) is 30.1. The summed E-state index contributed by atoms with van der Waals surface area (Å²) in [7, 11) is 3.98. The van der Waals surface area contributed by atoms with Crippen molar-refractivity contribution in [3.05, 3.63) is 76.5 Å². The standard InChI is InChI=1S/C32H35ClFN7O3/c1-5-28(42)41-14-13-40(16-21(41)15-35-2)31-22-11-12-39(25-8-6-7-20-9-10-23(34)30(33)29(20)25)17-24(22)36-32(37-31)44-27-19-43-18-26(27)38(3)4/h5-10,21,26-27H,1,11-19H2,3-4H3/t21?,26-,27-/m1/s1. The first-order chi connectivity index (χ1) is 21.3. The predicted molar refractivity (Wildman–Crippen MR) is 168 cm³/mol. The SMILES string of the molecule is [C-]#[N+]CC1CN(c2nc(O[C@@H]3COC[C@H]3N(C)C)nc3c2CCN(c2cccc4ccc(F)c(Cl)c24)C3)CCN1C(=O)C=C. The van der Waals surface area contributed by atoms with E-state index in [1.165, 1.54) is 12.1 Å². The van der Waals surface area contributed by atoms with Gasteiger partial charge in [0.2, 0.25) is 12.5 Å². The summed E-state index contributed by atoms with van der Waals surface area (Å²) in [6, 6.07) is 8.98. The van der Waals surface area contributed by atoms with E-state index in [0.29, 0.717) is 57.7 Å². The molecule has 4 heterocycles. The van der Waals surface area contributed by atoms with Crippen molar-refractivity contribution in [1.82, 2.24) is 19.8 Å².